The maximum absolute atomic E-state index is 11.4. The third kappa shape index (κ3) is 3.45. The third-order valence-corrected chi connectivity index (χ3v) is 4.85. The minimum atomic E-state index is -3.45. The van der Waals surface area contributed by atoms with Crippen LogP contribution in [0.3, 0.4) is 0 Å². The first-order valence-corrected chi connectivity index (χ1v) is 8.23. The molecule has 1 saturated carbocycles. The van der Waals surface area contributed by atoms with Gasteiger partial charge in [-0.25, -0.2) is 8.42 Å². The van der Waals surface area contributed by atoms with Crippen LogP contribution < -0.4 is 0 Å². The summed E-state index contributed by atoms with van der Waals surface area (Å²) in [5.41, 5.74) is 0.318. The molecule has 0 aromatic heterocycles. The quantitative estimate of drug-likeness (QED) is 0.476. The van der Waals surface area contributed by atoms with Gasteiger partial charge in [0.2, 0.25) is 0 Å². The Bertz CT molecular complexity index is 610. The van der Waals surface area contributed by atoms with Crippen molar-refractivity contribution >= 4 is 27.1 Å². The summed E-state index contributed by atoms with van der Waals surface area (Å²) < 4.78 is 22.8. The highest BCUT2D eigenvalue weighted by molar-refractivity contribution is 7.90. The Hall–Kier alpha value is -1.14. The van der Waals surface area contributed by atoms with Crippen molar-refractivity contribution in [2.75, 3.05) is 6.26 Å². The number of hydrogen-bond acceptors (Lipinski definition) is 4. The van der Waals surface area contributed by atoms with E-state index in [9.17, 15) is 18.5 Å². The summed E-state index contributed by atoms with van der Waals surface area (Å²) in [4.78, 5) is 10.4. The van der Waals surface area contributed by atoms with Gasteiger partial charge in [-0.3, -0.25) is 10.1 Å². The summed E-state index contributed by atoms with van der Waals surface area (Å²) in [5, 5.41) is 10.9. The normalized spacial score (nSPS) is 17.2. The zero-order valence-electron chi connectivity index (χ0n) is 10.4. The minimum absolute atomic E-state index is 0.0412. The molecule has 0 amide bonds. The third-order valence-electron chi connectivity index (χ3n) is 3.23. The zero-order chi connectivity index (χ0) is 14.2. The molecule has 0 bridgehead atoms. The zero-order valence-corrected chi connectivity index (χ0v) is 11.9. The second-order valence-corrected chi connectivity index (χ2v) is 7.45. The Labute approximate surface area is 116 Å². The number of rotatable bonds is 5. The maximum Gasteiger partial charge on any atom is 0.273 e. The molecular formula is C12H14ClNO4S. The molecule has 1 atom stereocenters. The van der Waals surface area contributed by atoms with Gasteiger partial charge in [-0.2, -0.15) is 0 Å². The summed E-state index contributed by atoms with van der Waals surface area (Å²) in [6.45, 7) is 0. The lowest BCUT2D eigenvalue weighted by Gasteiger charge is -2.09. The molecule has 1 aliphatic rings. The van der Waals surface area contributed by atoms with Crippen LogP contribution in [-0.2, 0) is 16.3 Å². The number of alkyl halides is 1. The Balaban J connectivity index is 2.35. The van der Waals surface area contributed by atoms with Gasteiger partial charge in [0, 0.05) is 23.3 Å². The number of halogens is 1. The summed E-state index contributed by atoms with van der Waals surface area (Å²) in [7, 11) is -3.45. The number of sulfone groups is 1. The highest BCUT2D eigenvalue weighted by Crippen LogP contribution is 2.38. The number of hydrogen-bond donors (Lipinski definition) is 0. The summed E-state index contributed by atoms with van der Waals surface area (Å²) in [6, 6.07) is 4.00. The van der Waals surface area contributed by atoms with Gasteiger partial charge in [-0.1, -0.05) is 6.07 Å². The first kappa shape index (κ1) is 14.3. The SMILES string of the molecule is CS(=O)(=O)c1ccc(CC(Cl)C2CC2)c([N+](=O)[O-])c1. The first-order chi connectivity index (χ1) is 8.79. The van der Waals surface area contributed by atoms with Gasteiger partial charge in [-0.15, -0.1) is 11.6 Å². The monoisotopic (exact) mass is 303 g/mol. The van der Waals surface area contributed by atoms with Crippen molar-refractivity contribution in [1.29, 1.82) is 0 Å². The summed E-state index contributed by atoms with van der Waals surface area (Å²) in [6.07, 6.45) is 3.54. The molecule has 2 rings (SSSR count). The Morgan fingerprint density at radius 1 is 1.47 bits per heavy atom. The van der Waals surface area contributed by atoms with Gasteiger partial charge in [-0.05, 0) is 31.2 Å². The molecule has 0 N–H and O–H groups in total. The van der Waals surface area contributed by atoms with Crippen molar-refractivity contribution in [3.8, 4) is 0 Å². The average Bonchev–Trinajstić information content (AvgIpc) is 3.11. The average molecular weight is 304 g/mol. The fourth-order valence-electron chi connectivity index (χ4n) is 1.95. The Morgan fingerprint density at radius 3 is 2.58 bits per heavy atom. The van der Waals surface area contributed by atoms with Crippen molar-refractivity contribution in [2.24, 2.45) is 5.92 Å². The lowest BCUT2D eigenvalue weighted by atomic mass is 10.1. The molecular weight excluding hydrogens is 290 g/mol. The van der Waals surface area contributed by atoms with E-state index in [1.807, 2.05) is 0 Å². The van der Waals surface area contributed by atoms with Crippen LogP contribution in [0.15, 0.2) is 23.1 Å². The van der Waals surface area contributed by atoms with E-state index in [-0.39, 0.29) is 16.0 Å². The highest BCUT2D eigenvalue weighted by Gasteiger charge is 2.31. The first-order valence-electron chi connectivity index (χ1n) is 5.90. The van der Waals surface area contributed by atoms with Crippen molar-refractivity contribution in [2.45, 2.75) is 29.5 Å². The van der Waals surface area contributed by atoms with E-state index in [2.05, 4.69) is 0 Å². The lowest BCUT2D eigenvalue weighted by molar-refractivity contribution is -0.385. The largest absolute Gasteiger partial charge is 0.273 e. The van der Waals surface area contributed by atoms with Gasteiger partial charge in [0.05, 0.1) is 9.82 Å². The van der Waals surface area contributed by atoms with Gasteiger partial charge in [0.1, 0.15) is 0 Å². The standard InChI is InChI=1S/C12H14ClNO4S/c1-19(17,18)10-5-4-9(12(7-10)14(15)16)6-11(13)8-2-3-8/h4-5,7-8,11H,2-3,6H2,1H3. The van der Waals surface area contributed by atoms with Crippen LogP contribution in [0.25, 0.3) is 0 Å². The number of nitro benzene ring substituents is 1. The Kier molecular flexibility index (Phi) is 3.82. The van der Waals surface area contributed by atoms with E-state index in [0.29, 0.717) is 17.9 Å². The van der Waals surface area contributed by atoms with E-state index in [1.165, 1.54) is 12.1 Å². The van der Waals surface area contributed by atoms with Gasteiger partial charge in [0.15, 0.2) is 9.84 Å². The van der Waals surface area contributed by atoms with Crippen LogP contribution in [0, 0.1) is 16.0 Å². The van der Waals surface area contributed by atoms with E-state index >= 15 is 0 Å². The molecule has 1 aromatic rings. The van der Waals surface area contributed by atoms with Gasteiger partial charge < -0.3 is 0 Å². The van der Waals surface area contributed by atoms with Crippen LogP contribution in [0.5, 0.6) is 0 Å². The van der Waals surface area contributed by atoms with Crippen molar-refractivity contribution in [1.82, 2.24) is 0 Å². The molecule has 7 heteroatoms. The molecule has 1 unspecified atom stereocenters. The molecule has 5 nitrogen and oxygen atoms in total. The Morgan fingerprint density at radius 2 is 2.11 bits per heavy atom. The molecule has 0 saturated heterocycles. The number of benzene rings is 1. The number of nitrogens with zero attached hydrogens (tertiary/aromatic N) is 1. The molecule has 0 spiro atoms. The van der Waals surface area contributed by atoms with Crippen LogP contribution >= 0.6 is 11.6 Å². The van der Waals surface area contributed by atoms with Crippen LogP contribution in [-0.4, -0.2) is 25.0 Å². The molecule has 0 aliphatic heterocycles. The van der Waals surface area contributed by atoms with Gasteiger partial charge in [0.25, 0.3) is 5.69 Å². The summed E-state index contributed by atoms with van der Waals surface area (Å²) in [5.74, 6) is 0.427. The van der Waals surface area contributed by atoms with E-state index in [4.69, 9.17) is 11.6 Å². The lowest BCUT2D eigenvalue weighted by Crippen LogP contribution is -2.09. The molecule has 1 fully saturated rings. The van der Waals surface area contributed by atoms with E-state index in [1.54, 1.807) is 0 Å². The van der Waals surface area contributed by atoms with Crippen molar-refractivity contribution in [3.63, 3.8) is 0 Å². The smallest absolute Gasteiger partial charge is 0.258 e. The molecule has 0 heterocycles. The molecule has 1 aliphatic carbocycles. The van der Waals surface area contributed by atoms with Crippen molar-refractivity contribution < 1.29 is 13.3 Å². The summed E-state index contributed by atoms with van der Waals surface area (Å²) >= 11 is 6.18. The predicted molar refractivity (Wildman–Crippen MR) is 72.3 cm³/mol. The maximum atomic E-state index is 11.4. The number of nitro groups is 1. The van der Waals surface area contributed by atoms with Crippen LogP contribution in [0.2, 0.25) is 0 Å². The highest BCUT2D eigenvalue weighted by atomic mass is 35.5. The van der Waals surface area contributed by atoms with Crippen LogP contribution in [0.1, 0.15) is 18.4 Å². The van der Waals surface area contributed by atoms with Crippen LogP contribution in [0.4, 0.5) is 5.69 Å². The van der Waals surface area contributed by atoms with Crippen molar-refractivity contribution in [3.05, 3.63) is 33.9 Å². The molecule has 19 heavy (non-hydrogen) atoms. The second kappa shape index (κ2) is 5.09. The van der Waals surface area contributed by atoms with E-state index in [0.717, 1.165) is 25.2 Å². The molecule has 104 valence electrons. The second-order valence-electron chi connectivity index (χ2n) is 4.88. The predicted octanol–water partition coefficient (Wildman–Crippen LogP) is 2.56. The van der Waals surface area contributed by atoms with E-state index < -0.39 is 14.8 Å². The molecule has 0 radical (unpaired) electrons. The fourth-order valence-corrected chi connectivity index (χ4v) is 3.01. The minimum Gasteiger partial charge on any atom is -0.258 e. The topological polar surface area (TPSA) is 77.3 Å². The molecule has 1 aromatic carbocycles. The van der Waals surface area contributed by atoms with Gasteiger partial charge >= 0.3 is 0 Å². The fraction of sp³-hybridized carbons (Fsp3) is 0.500.